The zero-order valence-electron chi connectivity index (χ0n) is 14.8. The van der Waals surface area contributed by atoms with Crippen molar-refractivity contribution in [3.05, 3.63) is 66.2 Å². The van der Waals surface area contributed by atoms with Gasteiger partial charge in [0.2, 0.25) is 6.79 Å². The van der Waals surface area contributed by atoms with Crippen LogP contribution >= 0.6 is 0 Å². The van der Waals surface area contributed by atoms with Gasteiger partial charge in [0.15, 0.2) is 11.5 Å². The van der Waals surface area contributed by atoms with Gasteiger partial charge in [0.25, 0.3) is 5.91 Å². The van der Waals surface area contributed by atoms with Crippen LogP contribution in [0.1, 0.15) is 12.5 Å². The maximum atomic E-state index is 12.3. The fourth-order valence-electron chi connectivity index (χ4n) is 2.91. The second kappa shape index (κ2) is 7.37. The summed E-state index contributed by atoms with van der Waals surface area (Å²) in [6.45, 7) is 2.03. The molecule has 6 heteroatoms. The smallest absolute Gasteiger partial charge is 0.262 e. The van der Waals surface area contributed by atoms with Crippen molar-refractivity contribution < 1.29 is 14.3 Å². The number of benzene rings is 3. The Morgan fingerprint density at radius 3 is 2.81 bits per heavy atom. The number of hydrogen-bond donors (Lipinski definition) is 2. The van der Waals surface area contributed by atoms with Crippen LogP contribution in [-0.2, 0) is 4.79 Å². The molecule has 0 spiro atoms. The standard InChI is InChI=1S/C21H19N3O3/c1-14(23-18-8-4-6-16-5-2-3-7-17(16)18)21(25)24-22-12-15-9-10-19-20(11-15)27-13-26-19/h2-12,14,23H,13H2,1H3,(H,24,25)/b22-12+. The SMILES string of the molecule is CC(Nc1cccc2ccccc12)C(=O)N/N=C/c1ccc2c(c1)OCO2. The molecular formula is C21H19N3O3. The molecule has 3 aromatic carbocycles. The highest BCUT2D eigenvalue weighted by molar-refractivity contribution is 5.96. The molecule has 0 saturated carbocycles. The van der Waals surface area contributed by atoms with Crippen molar-refractivity contribution in [1.29, 1.82) is 0 Å². The van der Waals surface area contributed by atoms with Crippen molar-refractivity contribution in [1.82, 2.24) is 5.43 Å². The van der Waals surface area contributed by atoms with Crippen LogP contribution < -0.4 is 20.2 Å². The lowest BCUT2D eigenvalue weighted by Gasteiger charge is -2.15. The zero-order valence-corrected chi connectivity index (χ0v) is 14.8. The molecule has 0 radical (unpaired) electrons. The summed E-state index contributed by atoms with van der Waals surface area (Å²) >= 11 is 0. The van der Waals surface area contributed by atoms with Crippen LogP contribution in [0, 0.1) is 0 Å². The molecular weight excluding hydrogens is 342 g/mol. The molecule has 0 bridgehead atoms. The van der Waals surface area contributed by atoms with Gasteiger partial charge in [0, 0.05) is 11.1 Å². The van der Waals surface area contributed by atoms with Crippen molar-refractivity contribution in [2.75, 3.05) is 12.1 Å². The van der Waals surface area contributed by atoms with Gasteiger partial charge in [-0.25, -0.2) is 5.43 Å². The molecule has 1 amide bonds. The van der Waals surface area contributed by atoms with Crippen molar-refractivity contribution >= 4 is 28.6 Å². The van der Waals surface area contributed by atoms with E-state index in [1.165, 1.54) is 0 Å². The normalized spacial score (nSPS) is 13.7. The average molecular weight is 361 g/mol. The molecule has 136 valence electrons. The number of ether oxygens (including phenoxy) is 2. The molecule has 1 aliphatic rings. The lowest BCUT2D eigenvalue weighted by molar-refractivity contribution is -0.121. The van der Waals surface area contributed by atoms with Gasteiger partial charge in [-0.05, 0) is 42.1 Å². The molecule has 4 rings (SSSR count). The number of nitrogens with one attached hydrogen (secondary N) is 2. The minimum Gasteiger partial charge on any atom is -0.454 e. The molecule has 27 heavy (non-hydrogen) atoms. The molecule has 0 saturated heterocycles. The summed E-state index contributed by atoms with van der Waals surface area (Å²) in [6, 6.07) is 19.1. The van der Waals surface area contributed by atoms with Gasteiger partial charge in [-0.3, -0.25) is 4.79 Å². The first-order chi connectivity index (χ1) is 13.2. The molecule has 2 N–H and O–H groups in total. The first-order valence-electron chi connectivity index (χ1n) is 8.67. The lowest BCUT2D eigenvalue weighted by atomic mass is 10.1. The summed E-state index contributed by atoms with van der Waals surface area (Å²) in [5.74, 6) is 1.17. The molecule has 0 fully saturated rings. The number of fused-ring (bicyclic) bond motifs is 2. The Hall–Kier alpha value is -3.54. The fourth-order valence-corrected chi connectivity index (χ4v) is 2.91. The third kappa shape index (κ3) is 3.69. The number of nitrogens with zero attached hydrogens (tertiary/aromatic N) is 1. The Bertz CT molecular complexity index is 1010. The highest BCUT2D eigenvalue weighted by atomic mass is 16.7. The lowest BCUT2D eigenvalue weighted by Crippen LogP contribution is -2.34. The Labute approximate surface area is 156 Å². The van der Waals surface area contributed by atoms with Crippen LogP contribution in [0.15, 0.2) is 65.8 Å². The van der Waals surface area contributed by atoms with Crippen LogP contribution in [0.3, 0.4) is 0 Å². The predicted molar refractivity (Wildman–Crippen MR) is 105 cm³/mol. The molecule has 0 aromatic heterocycles. The predicted octanol–water partition coefficient (Wildman–Crippen LogP) is 3.52. The first-order valence-corrected chi connectivity index (χ1v) is 8.67. The number of hydrazone groups is 1. The van der Waals surface area contributed by atoms with Crippen molar-refractivity contribution in [2.45, 2.75) is 13.0 Å². The molecule has 1 heterocycles. The van der Waals surface area contributed by atoms with Gasteiger partial charge in [-0.1, -0.05) is 36.4 Å². The monoisotopic (exact) mass is 361 g/mol. The van der Waals surface area contributed by atoms with E-state index in [2.05, 4.69) is 15.8 Å². The fraction of sp³-hybridized carbons (Fsp3) is 0.143. The van der Waals surface area contributed by atoms with E-state index in [4.69, 9.17) is 9.47 Å². The number of anilines is 1. The zero-order chi connectivity index (χ0) is 18.6. The van der Waals surface area contributed by atoms with E-state index in [-0.39, 0.29) is 12.7 Å². The van der Waals surface area contributed by atoms with E-state index in [0.717, 1.165) is 22.0 Å². The highest BCUT2D eigenvalue weighted by Gasteiger charge is 2.14. The van der Waals surface area contributed by atoms with Gasteiger partial charge < -0.3 is 14.8 Å². The summed E-state index contributed by atoms with van der Waals surface area (Å²) in [5, 5.41) is 9.47. The van der Waals surface area contributed by atoms with E-state index in [1.807, 2.05) is 60.7 Å². The number of carbonyl (C=O) groups is 1. The molecule has 3 aromatic rings. The van der Waals surface area contributed by atoms with E-state index >= 15 is 0 Å². The van der Waals surface area contributed by atoms with Crippen LogP contribution in [-0.4, -0.2) is 25.0 Å². The maximum absolute atomic E-state index is 12.3. The molecule has 1 aliphatic heterocycles. The number of rotatable bonds is 5. The molecule has 6 nitrogen and oxygen atoms in total. The molecule has 1 unspecified atom stereocenters. The third-order valence-corrected chi connectivity index (χ3v) is 4.34. The highest BCUT2D eigenvalue weighted by Crippen LogP contribution is 2.32. The summed E-state index contributed by atoms with van der Waals surface area (Å²) in [5.41, 5.74) is 4.29. The summed E-state index contributed by atoms with van der Waals surface area (Å²) in [7, 11) is 0. The summed E-state index contributed by atoms with van der Waals surface area (Å²) in [4.78, 5) is 12.3. The number of hydrogen-bond acceptors (Lipinski definition) is 5. The van der Waals surface area contributed by atoms with Gasteiger partial charge in [-0.15, -0.1) is 0 Å². The second-order valence-corrected chi connectivity index (χ2v) is 6.24. The minimum absolute atomic E-state index is 0.222. The Morgan fingerprint density at radius 2 is 1.89 bits per heavy atom. The van der Waals surface area contributed by atoms with E-state index < -0.39 is 6.04 Å². The van der Waals surface area contributed by atoms with Crippen LogP contribution in [0.5, 0.6) is 11.5 Å². The van der Waals surface area contributed by atoms with Gasteiger partial charge in [-0.2, -0.15) is 5.10 Å². The van der Waals surface area contributed by atoms with E-state index in [1.54, 1.807) is 13.1 Å². The first kappa shape index (κ1) is 16.9. The van der Waals surface area contributed by atoms with Crippen LogP contribution in [0.2, 0.25) is 0 Å². The van der Waals surface area contributed by atoms with Crippen molar-refractivity contribution in [3.63, 3.8) is 0 Å². The quantitative estimate of drug-likeness (QED) is 0.539. The minimum atomic E-state index is -0.440. The third-order valence-electron chi connectivity index (χ3n) is 4.34. The topological polar surface area (TPSA) is 72.0 Å². The summed E-state index contributed by atoms with van der Waals surface area (Å²) < 4.78 is 10.6. The van der Waals surface area contributed by atoms with Crippen molar-refractivity contribution in [2.24, 2.45) is 5.10 Å². The van der Waals surface area contributed by atoms with Crippen LogP contribution in [0.4, 0.5) is 5.69 Å². The average Bonchev–Trinajstić information content (AvgIpc) is 3.16. The Morgan fingerprint density at radius 1 is 1.07 bits per heavy atom. The Balaban J connectivity index is 1.39. The molecule has 0 aliphatic carbocycles. The van der Waals surface area contributed by atoms with Gasteiger partial charge in [0.1, 0.15) is 6.04 Å². The second-order valence-electron chi connectivity index (χ2n) is 6.24. The van der Waals surface area contributed by atoms with Crippen molar-refractivity contribution in [3.8, 4) is 11.5 Å². The van der Waals surface area contributed by atoms with Crippen LogP contribution in [0.25, 0.3) is 10.8 Å². The maximum Gasteiger partial charge on any atom is 0.262 e. The van der Waals surface area contributed by atoms with Gasteiger partial charge >= 0.3 is 0 Å². The Kier molecular flexibility index (Phi) is 4.61. The molecule has 1 atom stereocenters. The summed E-state index contributed by atoms with van der Waals surface area (Å²) in [6.07, 6.45) is 1.57. The largest absolute Gasteiger partial charge is 0.454 e. The number of carbonyl (C=O) groups excluding carboxylic acids is 1. The number of amides is 1. The van der Waals surface area contributed by atoms with Gasteiger partial charge in [0.05, 0.1) is 6.21 Å². The van der Waals surface area contributed by atoms with E-state index in [9.17, 15) is 4.79 Å². The van der Waals surface area contributed by atoms with E-state index in [0.29, 0.717) is 11.5 Å².